The average molecular weight is 286 g/mol. The maximum atomic E-state index is 8.52. The zero-order valence-electron chi connectivity index (χ0n) is 8.24. The van der Waals surface area contributed by atoms with E-state index in [1.807, 2.05) is 0 Å². The van der Waals surface area contributed by atoms with Crippen LogP contribution in [0.1, 0.15) is 0 Å². The van der Waals surface area contributed by atoms with Gasteiger partial charge in [-0.25, -0.2) is 0 Å². The summed E-state index contributed by atoms with van der Waals surface area (Å²) in [6.07, 6.45) is 0. The number of hydrogen-bond donors (Lipinski definition) is 0. The van der Waals surface area contributed by atoms with Crippen LogP contribution in [0.2, 0.25) is 0 Å². The van der Waals surface area contributed by atoms with Gasteiger partial charge in [0.15, 0.2) is 0 Å². The Morgan fingerprint density at radius 2 is 0.667 bits per heavy atom. The molecule has 0 bridgehead atoms. The summed E-state index contributed by atoms with van der Waals surface area (Å²) in [5.74, 6) is 0. The Kier molecular flexibility index (Phi) is 55.8. The van der Waals surface area contributed by atoms with Gasteiger partial charge in [-0.3, -0.25) is 16.8 Å². The fourth-order valence-corrected chi connectivity index (χ4v) is 0. The summed E-state index contributed by atoms with van der Waals surface area (Å²) >= 11 is 0. The van der Waals surface area contributed by atoms with Crippen molar-refractivity contribution in [2.45, 2.75) is 0 Å². The third kappa shape index (κ3) is 396. The van der Waals surface area contributed by atoms with E-state index >= 15 is 0 Å². The van der Waals surface area contributed by atoms with E-state index < -0.39 is 20.8 Å². The third-order valence-electron chi connectivity index (χ3n) is 0. The molecule has 0 rings (SSSR count). The van der Waals surface area contributed by atoms with Crippen LogP contribution in [0.3, 0.4) is 0 Å². The first kappa shape index (κ1) is 42.9. The van der Waals surface area contributed by atoms with Crippen LogP contribution in [0, 0.1) is 0 Å². The molecule has 0 unspecified atom stereocenters. The molecule has 0 radical (unpaired) electrons. The summed E-state index contributed by atoms with van der Waals surface area (Å²) in [5.41, 5.74) is 0. The smallest absolute Gasteiger partial charge is 0.870 e. The van der Waals surface area contributed by atoms with Crippen LogP contribution < -0.4 is 67.3 Å². The van der Waals surface area contributed by atoms with Gasteiger partial charge in [0.25, 0.3) is 0 Å². The van der Waals surface area contributed by atoms with Crippen molar-refractivity contribution in [3.05, 3.63) is 0 Å². The van der Waals surface area contributed by atoms with Gasteiger partial charge in [-0.2, -0.15) is 0 Å². The summed E-state index contributed by atoms with van der Waals surface area (Å²) in [6.45, 7) is 0. The zero-order valence-corrected chi connectivity index (χ0v) is 14.1. The molecule has 0 spiro atoms. The predicted octanol–water partition coefficient (Wildman–Crippen LogP) is -12.2. The minimum Gasteiger partial charge on any atom is -0.870 e. The van der Waals surface area contributed by atoms with E-state index in [0.717, 1.165) is 0 Å². The van der Waals surface area contributed by atoms with Crippen molar-refractivity contribution in [1.82, 2.24) is 0 Å². The SMILES string of the molecule is O=S(=O)([O-])[O-].O=S(=O)([O-])[O-].[Ca+2].[Li+].[Li+].[Na+].[OH-]. The van der Waals surface area contributed by atoms with E-state index in [2.05, 4.69) is 0 Å². The van der Waals surface area contributed by atoms with E-state index in [9.17, 15) is 0 Å². The largest absolute Gasteiger partial charge is 2.00 e. The third-order valence-corrected chi connectivity index (χ3v) is 0. The van der Waals surface area contributed by atoms with Crippen LogP contribution in [0.25, 0.3) is 0 Å². The molecule has 9 nitrogen and oxygen atoms in total. The quantitative estimate of drug-likeness (QED) is 0.236. The second-order valence-electron chi connectivity index (χ2n) is 0.816. The molecular weight excluding hydrogens is 285 g/mol. The first-order valence-corrected chi connectivity index (χ1v) is 4.00. The molecule has 0 aliphatic rings. The number of hydrogen-bond acceptors (Lipinski definition) is 9. The minimum absolute atomic E-state index is 0. The van der Waals surface area contributed by atoms with Crippen molar-refractivity contribution in [2.75, 3.05) is 0 Å². The molecule has 0 amide bonds. The van der Waals surface area contributed by atoms with Gasteiger partial charge in [0, 0.05) is 20.8 Å². The number of rotatable bonds is 0. The molecule has 0 aliphatic heterocycles. The minimum atomic E-state index is -5.17. The molecule has 0 aromatic carbocycles. The summed E-state index contributed by atoms with van der Waals surface area (Å²) in [7, 11) is -10.3. The van der Waals surface area contributed by atoms with Gasteiger partial charge in [0.2, 0.25) is 0 Å². The van der Waals surface area contributed by atoms with E-state index in [1.54, 1.807) is 0 Å². The average Bonchev–Trinajstić information content (AvgIpc) is 1.12. The van der Waals surface area contributed by atoms with Crippen LogP contribution >= 0.6 is 0 Å². The van der Waals surface area contributed by atoms with Gasteiger partial charge in [-0.05, 0) is 0 Å². The van der Waals surface area contributed by atoms with E-state index in [0.29, 0.717) is 0 Å². The van der Waals surface area contributed by atoms with Crippen LogP contribution in [-0.4, -0.2) is 78.3 Å². The fourth-order valence-electron chi connectivity index (χ4n) is 0. The Morgan fingerprint density at radius 3 is 0.667 bits per heavy atom. The molecule has 0 saturated heterocycles. The Balaban J connectivity index is -0.0000000128. The Hall–Kier alpha value is 3.15. The van der Waals surface area contributed by atoms with Crippen molar-refractivity contribution < 1.29 is 108 Å². The monoisotopic (exact) mass is 286 g/mol. The van der Waals surface area contributed by atoms with Crippen LogP contribution in [-0.2, 0) is 20.8 Å². The van der Waals surface area contributed by atoms with E-state index in [1.165, 1.54) is 0 Å². The van der Waals surface area contributed by atoms with Crippen molar-refractivity contribution >= 4 is 58.5 Å². The Labute approximate surface area is 163 Å². The molecule has 72 valence electrons. The first-order valence-electron chi connectivity index (χ1n) is 1.33. The molecule has 0 atom stereocenters. The summed E-state index contributed by atoms with van der Waals surface area (Å²) in [4.78, 5) is 0. The maximum absolute atomic E-state index is 8.52. The van der Waals surface area contributed by atoms with Gasteiger partial charge in [-0.1, -0.05) is 0 Å². The zero-order chi connectivity index (χ0) is 9.00. The van der Waals surface area contributed by atoms with Crippen LogP contribution in [0.5, 0.6) is 0 Å². The standard InChI is InChI=1S/Ca.2Li.Na.2H2O4S.H2O/c;;;;2*1-5(2,3)4;/h;;;;2*(H2,1,2,3,4);1H2/q+2;3*+1;;;/p-5. The first-order chi connectivity index (χ1) is 4.00. The summed E-state index contributed by atoms with van der Waals surface area (Å²) in [5, 5.41) is 0. The van der Waals surface area contributed by atoms with Gasteiger partial charge >= 0.3 is 105 Å². The van der Waals surface area contributed by atoms with Crippen LogP contribution in [0.15, 0.2) is 0 Å². The summed E-state index contributed by atoms with van der Waals surface area (Å²) in [6, 6.07) is 0. The van der Waals surface area contributed by atoms with Crippen molar-refractivity contribution in [3.63, 3.8) is 0 Å². The second kappa shape index (κ2) is 19.5. The molecule has 0 heterocycles. The maximum Gasteiger partial charge on any atom is 2.00 e. The van der Waals surface area contributed by atoms with Gasteiger partial charge in [0.05, 0.1) is 0 Å². The molecule has 1 N–H and O–H groups in total. The van der Waals surface area contributed by atoms with Crippen molar-refractivity contribution in [3.8, 4) is 0 Å². The van der Waals surface area contributed by atoms with E-state index in [4.69, 9.17) is 35.0 Å². The van der Waals surface area contributed by atoms with E-state index in [-0.39, 0.29) is 110 Å². The van der Waals surface area contributed by atoms with Gasteiger partial charge in [0.1, 0.15) is 0 Å². The van der Waals surface area contributed by atoms with Gasteiger partial charge in [-0.15, -0.1) is 0 Å². The molecule has 0 aliphatic carbocycles. The molecule has 0 aromatic heterocycles. The Bertz CT molecular complexity index is 222. The van der Waals surface area contributed by atoms with Crippen molar-refractivity contribution in [1.29, 1.82) is 0 Å². The van der Waals surface area contributed by atoms with Gasteiger partial charge < -0.3 is 23.7 Å². The normalized spacial score (nSPS) is 7.73. The summed E-state index contributed by atoms with van der Waals surface area (Å²) < 4.78 is 68.2. The second-order valence-corrected chi connectivity index (χ2v) is 2.45. The predicted molar refractivity (Wildman–Crippen MR) is 28.6 cm³/mol. The van der Waals surface area contributed by atoms with Crippen molar-refractivity contribution in [2.24, 2.45) is 0 Å². The molecule has 0 fully saturated rings. The molecule has 0 saturated carbocycles. The fraction of sp³-hybridized carbons (Fsp3) is 0. The molecule has 15 heteroatoms. The topological polar surface area (TPSA) is 191 Å². The Morgan fingerprint density at radius 1 is 0.667 bits per heavy atom. The van der Waals surface area contributed by atoms with Crippen LogP contribution in [0.4, 0.5) is 0 Å². The molecular formula is HCaLi2NaO9S2. The molecule has 0 aromatic rings. The molecule has 15 heavy (non-hydrogen) atoms.